The van der Waals surface area contributed by atoms with Crippen LogP contribution in [0.5, 0.6) is 0 Å². The number of hydrogen-bond donors (Lipinski definition) is 2. The Balaban J connectivity index is 1.62. The van der Waals surface area contributed by atoms with E-state index in [4.69, 9.17) is 35.4 Å². The standard InChI is InChI=1S/C22H20Cl2N2S/c23-19-12-7-13-20(21(19)24)26-22(27)25-15-14-18(16-8-3-1-4-9-16)17-10-5-2-6-11-17/h1-13,18H,14-15H2,(H2,25,26,27). The predicted octanol–water partition coefficient (Wildman–Crippen LogP) is 6.50. The van der Waals surface area contributed by atoms with Gasteiger partial charge in [0.05, 0.1) is 15.7 Å². The van der Waals surface area contributed by atoms with Crippen molar-refractivity contribution in [1.82, 2.24) is 5.32 Å². The van der Waals surface area contributed by atoms with Gasteiger partial charge in [0.1, 0.15) is 0 Å². The lowest BCUT2D eigenvalue weighted by molar-refractivity contribution is 0.694. The van der Waals surface area contributed by atoms with E-state index in [0.717, 1.165) is 13.0 Å². The Morgan fingerprint density at radius 2 is 1.41 bits per heavy atom. The lowest BCUT2D eigenvalue weighted by Crippen LogP contribution is -2.30. The average molecular weight is 415 g/mol. The van der Waals surface area contributed by atoms with Gasteiger partial charge in [0, 0.05) is 12.5 Å². The topological polar surface area (TPSA) is 24.1 Å². The molecule has 0 aromatic heterocycles. The van der Waals surface area contributed by atoms with E-state index in [1.165, 1.54) is 11.1 Å². The van der Waals surface area contributed by atoms with Crippen molar-refractivity contribution in [2.24, 2.45) is 0 Å². The van der Waals surface area contributed by atoms with Gasteiger partial charge >= 0.3 is 0 Å². The molecule has 2 nitrogen and oxygen atoms in total. The van der Waals surface area contributed by atoms with Crippen molar-refractivity contribution in [3.05, 3.63) is 100 Å². The summed E-state index contributed by atoms with van der Waals surface area (Å²) in [7, 11) is 0. The molecule has 0 amide bonds. The van der Waals surface area contributed by atoms with E-state index in [2.05, 4.69) is 59.2 Å². The molecule has 0 aliphatic rings. The molecule has 0 saturated heterocycles. The van der Waals surface area contributed by atoms with Crippen LogP contribution >= 0.6 is 35.4 Å². The van der Waals surface area contributed by atoms with Gasteiger partial charge in [-0.2, -0.15) is 0 Å². The Kier molecular flexibility index (Phi) is 7.11. The van der Waals surface area contributed by atoms with Crippen molar-refractivity contribution in [3.63, 3.8) is 0 Å². The molecular weight excluding hydrogens is 395 g/mol. The molecule has 0 aliphatic carbocycles. The first-order valence-electron chi connectivity index (χ1n) is 8.74. The third-order valence-electron chi connectivity index (χ3n) is 4.32. The molecular formula is C22H20Cl2N2S. The molecule has 0 bridgehead atoms. The maximum Gasteiger partial charge on any atom is 0.170 e. The number of anilines is 1. The zero-order valence-electron chi connectivity index (χ0n) is 14.7. The van der Waals surface area contributed by atoms with E-state index in [0.29, 0.717) is 26.8 Å². The Morgan fingerprint density at radius 1 is 0.815 bits per heavy atom. The summed E-state index contributed by atoms with van der Waals surface area (Å²) in [5.41, 5.74) is 3.29. The quantitative estimate of drug-likeness (QED) is 0.449. The molecule has 2 N–H and O–H groups in total. The zero-order chi connectivity index (χ0) is 19.1. The SMILES string of the molecule is S=C(NCCC(c1ccccc1)c1ccccc1)Nc1cccc(Cl)c1Cl. The van der Waals surface area contributed by atoms with Crippen molar-refractivity contribution < 1.29 is 0 Å². The monoisotopic (exact) mass is 414 g/mol. The van der Waals surface area contributed by atoms with Crippen LogP contribution in [0.4, 0.5) is 5.69 Å². The fourth-order valence-electron chi connectivity index (χ4n) is 2.99. The van der Waals surface area contributed by atoms with Crippen LogP contribution in [0.25, 0.3) is 0 Å². The highest BCUT2D eigenvalue weighted by atomic mass is 35.5. The molecule has 0 aliphatic heterocycles. The van der Waals surface area contributed by atoms with Crippen molar-refractivity contribution in [1.29, 1.82) is 0 Å². The molecule has 5 heteroatoms. The molecule has 0 radical (unpaired) electrons. The van der Waals surface area contributed by atoms with Gasteiger partial charge in [-0.15, -0.1) is 0 Å². The summed E-state index contributed by atoms with van der Waals surface area (Å²) in [6.07, 6.45) is 0.916. The minimum atomic E-state index is 0.303. The van der Waals surface area contributed by atoms with Gasteiger partial charge in [-0.3, -0.25) is 0 Å². The smallest absolute Gasteiger partial charge is 0.170 e. The number of hydrogen-bond acceptors (Lipinski definition) is 1. The highest BCUT2D eigenvalue weighted by Crippen LogP contribution is 2.30. The number of halogens is 2. The average Bonchev–Trinajstić information content (AvgIpc) is 2.70. The fraction of sp³-hybridized carbons (Fsp3) is 0.136. The molecule has 3 rings (SSSR count). The molecule has 0 saturated carbocycles. The highest BCUT2D eigenvalue weighted by molar-refractivity contribution is 7.80. The summed E-state index contributed by atoms with van der Waals surface area (Å²) >= 11 is 17.6. The molecule has 0 fully saturated rings. The Bertz CT molecular complexity index is 846. The van der Waals surface area contributed by atoms with Crippen LogP contribution in [0.3, 0.4) is 0 Å². The fourth-order valence-corrected chi connectivity index (χ4v) is 3.55. The molecule has 0 atom stereocenters. The van der Waals surface area contributed by atoms with E-state index in [1.807, 2.05) is 24.3 Å². The first kappa shape index (κ1) is 19.7. The second kappa shape index (κ2) is 9.75. The molecule has 3 aromatic rings. The Morgan fingerprint density at radius 3 is 2.00 bits per heavy atom. The molecule has 138 valence electrons. The van der Waals surface area contributed by atoms with E-state index < -0.39 is 0 Å². The van der Waals surface area contributed by atoms with Crippen molar-refractivity contribution in [3.8, 4) is 0 Å². The van der Waals surface area contributed by atoms with Crippen LogP contribution in [0.1, 0.15) is 23.5 Å². The van der Waals surface area contributed by atoms with Gasteiger partial charge in [-0.25, -0.2) is 0 Å². The number of thiocarbonyl (C=S) groups is 1. The maximum atomic E-state index is 6.20. The van der Waals surface area contributed by atoms with E-state index in [1.54, 1.807) is 6.07 Å². The molecule has 0 unspecified atom stereocenters. The number of rotatable bonds is 6. The molecule has 27 heavy (non-hydrogen) atoms. The minimum absolute atomic E-state index is 0.303. The predicted molar refractivity (Wildman–Crippen MR) is 120 cm³/mol. The van der Waals surface area contributed by atoms with Gasteiger partial charge in [0.25, 0.3) is 0 Å². The van der Waals surface area contributed by atoms with Gasteiger partial charge < -0.3 is 10.6 Å². The van der Waals surface area contributed by atoms with Gasteiger partial charge in [-0.05, 0) is 41.9 Å². The molecule has 0 heterocycles. The van der Waals surface area contributed by atoms with Gasteiger partial charge in [-0.1, -0.05) is 89.9 Å². The van der Waals surface area contributed by atoms with Crippen molar-refractivity contribution >= 4 is 46.2 Å². The minimum Gasteiger partial charge on any atom is -0.362 e. The second-order valence-electron chi connectivity index (χ2n) is 6.14. The van der Waals surface area contributed by atoms with Crippen LogP contribution in [0.15, 0.2) is 78.9 Å². The zero-order valence-corrected chi connectivity index (χ0v) is 17.0. The third kappa shape index (κ3) is 5.46. The van der Waals surface area contributed by atoms with E-state index >= 15 is 0 Å². The van der Waals surface area contributed by atoms with Crippen LogP contribution in [-0.4, -0.2) is 11.7 Å². The lowest BCUT2D eigenvalue weighted by atomic mass is 9.88. The Hall–Kier alpha value is -2.07. The lowest BCUT2D eigenvalue weighted by Gasteiger charge is -2.19. The summed E-state index contributed by atoms with van der Waals surface area (Å²) in [5.74, 6) is 0.303. The summed E-state index contributed by atoms with van der Waals surface area (Å²) in [6.45, 7) is 0.735. The van der Waals surface area contributed by atoms with Crippen LogP contribution < -0.4 is 10.6 Å². The molecule has 0 spiro atoms. The largest absolute Gasteiger partial charge is 0.362 e. The summed E-state index contributed by atoms with van der Waals surface area (Å²) < 4.78 is 0. The van der Waals surface area contributed by atoms with Gasteiger partial charge in [0.2, 0.25) is 0 Å². The summed E-state index contributed by atoms with van der Waals surface area (Å²) in [6, 6.07) is 26.5. The normalized spacial score (nSPS) is 10.6. The third-order valence-corrected chi connectivity index (χ3v) is 5.39. The van der Waals surface area contributed by atoms with E-state index in [9.17, 15) is 0 Å². The second-order valence-corrected chi connectivity index (χ2v) is 7.34. The van der Waals surface area contributed by atoms with Gasteiger partial charge in [0.15, 0.2) is 5.11 Å². The summed E-state index contributed by atoms with van der Waals surface area (Å²) in [5, 5.41) is 7.87. The molecule has 3 aromatic carbocycles. The van der Waals surface area contributed by atoms with E-state index in [-0.39, 0.29) is 0 Å². The number of benzene rings is 3. The number of nitrogens with one attached hydrogen (secondary N) is 2. The highest BCUT2D eigenvalue weighted by Gasteiger charge is 2.14. The van der Waals surface area contributed by atoms with Crippen molar-refractivity contribution in [2.45, 2.75) is 12.3 Å². The first-order valence-corrected chi connectivity index (χ1v) is 9.90. The van der Waals surface area contributed by atoms with Crippen LogP contribution in [0, 0.1) is 0 Å². The first-order chi connectivity index (χ1) is 13.1. The van der Waals surface area contributed by atoms with Crippen molar-refractivity contribution in [2.75, 3.05) is 11.9 Å². The maximum absolute atomic E-state index is 6.20. The Labute approximate surface area is 175 Å². The van der Waals surface area contributed by atoms with Crippen LogP contribution in [0.2, 0.25) is 10.0 Å². The van der Waals surface area contributed by atoms with Crippen LogP contribution in [-0.2, 0) is 0 Å². The summed E-state index contributed by atoms with van der Waals surface area (Å²) in [4.78, 5) is 0.